The third-order valence-corrected chi connectivity index (χ3v) is 8.26. The second-order valence-electron chi connectivity index (χ2n) is 11.5. The highest BCUT2D eigenvalue weighted by atomic mass is 19.4. The fourth-order valence-corrected chi connectivity index (χ4v) is 6.02. The molecule has 4 heterocycles. The number of Topliss-reactive ketones (excluding diaryl/α,β-unsaturated/α-hetero) is 1. The van der Waals surface area contributed by atoms with E-state index in [2.05, 4.69) is 26.8 Å². The molecule has 0 saturated carbocycles. The number of anilines is 1. The molecule has 1 aliphatic heterocycles. The second kappa shape index (κ2) is 11.9. The summed E-state index contributed by atoms with van der Waals surface area (Å²) in [4.78, 5) is 53.9. The quantitative estimate of drug-likeness (QED) is 0.199. The predicted molar refractivity (Wildman–Crippen MR) is 163 cm³/mol. The van der Waals surface area contributed by atoms with Gasteiger partial charge < -0.3 is 14.8 Å². The van der Waals surface area contributed by atoms with Crippen LogP contribution >= 0.6 is 0 Å². The number of aryl methyl sites for hydroxylation is 3. The zero-order valence-corrected chi connectivity index (χ0v) is 25.6. The average Bonchev–Trinajstić information content (AvgIpc) is 3.51. The van der Waals surface area contributed by atoms with Gasteiger partial charge in [0, 0.05) is 35.1 Å². The maximum absolute atomic E-state index is 14.0. The van der Waals surface area contributed by atoms with Crippen LogP contribution in [0.15, 0.2) is 55.5 Å². The van der Waals surface area contributed by atoms with Crippen LogP contribution in [0, 0.1) is 26.7 Å². The summed E-state index contributed by atoms with van der Waals surface area (Å²) in [6, 6.07) is 4.43. The van der Waals surface area contributed by atoms with Crippen molar-refractivity contribution in [1.29, 1.82) is 0 Å². The summed E-state index contributed by atoms with van der Waals surface area (Å²) in [6.45, 7) is 12.2. The Morgan fingerprint density at radius 1 is 1.07 bits per heavy atom. The molecule has 45 heavy (non-hydrogen) atoms. The van der Waals surface area contributed by atoms with E-state index in [1.807, 2.05) is 26.0 Å². The highest BCUT2D eigenvalue weighted by molar-refractivity contribution is 6.09. The van der Waals surface area contributed by atoms with Crippen molar-refractivity contribution in [3.05, 3.63) is 83.7 Å². The number of fused-ring (bicyclic) bond motifs is 1. The van der Waals surface area contributed by atoms with Gasteiger partial charge in [-0.3, -0.25) is 14.4 Å². The van der Waals surface area contributed by atoms with Gasteiger partial charge in [-0.25, -0.2) is 15.0 Å². The molecule has 0 bridgehead atoms. The Morgan fingerprint density at radius 3 is 2.38 bits per heavy atom. The van der Waals surface area contributed by atoms with Gasteiger partial charge >= 0.3 is 6.18 Å². The maximum atomic E-state index is 14.0. The number of halogens is 3. The standard InChI is InChI=1S/C33H33F3N6O3/c1-7-26-18(3)11-27(32(45)40-31-17(2)8-9-28(39-31)33(34,35)36)42(26)29(44)16-41-15-25(20(5)43)24-12-22(10-19(4)30(24)41)23-13-37-21(6)38-14-23/h7-10,12-15,18,26-27H,1,11,16H2,2-6H3,(H,39,40,45)/t18-,26+,27-/m0/s1. The molecule has 1 aromatic carbocycles. The molecule has 0 aliphatic carbocycles. The van der Waals surface area contributed by atoms with E-state index in [1.54, 1.807) is 43.1 Å². The fourth-order valence-electron chi connectivity index (χ4n) is 6.02. The Hall–Kier alpha value is -4.87. The van der Waals surface area contributed by atoms with Crippen molar-refractivity contribution in [3.63, 3.8) is 0 Å². The largest absolute Gasteiger partial charge is 0.433 e. The number of nitrogens with zero attached hydrogens (tertiary/aromatic N) is 5. The summed E-state index contributed by atoms with van der Waals surface area (Å²) in [5, 5.41) is 3.19. The topological polar surface area (TPSA) is 110 Å². The minimum atomic E-state index is -4.68. The molecular formula is C33H33F3N6O3. The fraction of sp³-hybridized carbons (Fsp3) is 0.333. The van der Waals surface area contributed by atoms with Gasteiger partial charge in [0.05, 0.1) is 11.6 Å². The Labute approximate surface area is 258 Å². The number of benzene rings is 1. The molecule has 0 unspecified atom stereocenters. The summed E-state index contributed by atoms with van der Waals surface area (Å²) >= 11 is 0. The van der Waals surface area contributed by atoms with Crippen molar-refractivity contribution in [2.45, 2.75) is 65.8 Å². The smallest absolute Gasteiger partial charge is 0.337 e. The third kappa shape index (κ3) is 6.09. The first-order valence-electron chi connectivity index (χ1n) is 14.4. The number of alkyl halides is 3. The van der Waals surface area contributed by atoms with Crippen LogP contribution in [0.5, 0.6) is 0 Å². The third-order valence-electron chi connectivity index (χ3n) is 8.26. The van der Waals surface area contributed by atoms with Gasteiger partial charge in [0.2, 0.25) is 11.8 Å². The number of hydrogen-bond donors (Lipinski definition) is 1. The summed E-state index contributed by atoms with van der Waals surface area (Å²) in [7, 11) is 0. The molecule has 3 aromatic heterocycles. The molecule has 3 atom stereocenters. The van der Waals surface area contributed by atoms with E-state index in [9.17, 15) is 27.6 Å². The van der Waals surface area contributed by atoms with Gasteiger partial charge in [0.1, 0.15) is 29.9 Å². The molecule has 12 heteroatoms. The zero-order chi connectivity index (χ0) is 32.8. The van der Waals surface area contributed by atoms with Crippen LogP contribution in [0.25, 0.3) is 22.0 Å². The predicted octanol–water partition coefficient (Wildman–Crippen LogP) is 6.07. The Bertz CT molecular complexity index is 1830. The number of likely N-dealkylation sites (tertiary alicyclic amines) is 1. The molecule has 9 nitrogen and oxygen atoms in total. The summed E-state index contributed by atoms with van der Waals surface area (Å²) in [6.07, 6.45) is 2.25. The lowest BCUT2D eigenvalue weighted by Gasteiger charge is -2.29. The summed E-state index contributed by atoms with van der Waals surface area (Å²) in [5.41, 5.74) is 2.77. The summed E-state index contributed by atoms with van der Waals surface area (Å²) in [5.74, 6) is -0.952. The lowest BCUT2D eigenvalue weighted by molar-refractivity contribution is -0.141. The lowest BCUT2D eigenvalue weighted by atomic mass is 10.0. The van der Waals surface area contributed by atoms with E-state index >= 15 is 0 Å². The van der Waals surface area contributed by atoms with Gasteiger partial charge in [0.25, 0.3) is 0 Å². The molecular weight excluding hydrogens is 585 g/mol. The highest BCUT2D eigenvalue weighted by Gasteiger charge is 2.44. The molecule has 1 aliphatic rings. The van der Waals surface area contributed by atoms with Gasteiger partial charge in [-0.05, 0) is 74.9 Å². The molecule has 1 saturated heterocycles. The van der Waals surface area contributed by atoms with E-state index in [0.717, 1.165) is 22.8 Å². The van der Waals surface area contributed by atoms with Gasteiger partial charge in [0.15, 0.2) is 5.78 Å². The number of ketones is 1. The number of amides is 2. The number of hydrogen-bond acceptors (Lipinski definition) is 6. The van der Waals surface area contributed by atoms with Crippen molar-refractivity contribution in [1.82, 2.24) is 24.4 Å². The van der Waals surface area contributed by atoms with Gasteiger partial charge in [-0.2, -0.15) is 13.2 Å². The Kier molecular flexibility index (Phi) is 8.35. The lowest BCUT2D eigenvalue weighted by Crippen LogP contribution is -2.48. The number of carbonyl (C=O) groups excluding carboxylic acids is 3. The minimum absolute atomic E-state index is 0.145. The molecule has 4 aromatic rings. The SMILES string of the molecule is C=C[C@@H]1[C@@H](C)C[C@@H](C(=O)Nc2nc(C(F)(F)F)ccc2C)N1C(=O)Cn1cc(C(C)=O)c2cc(-c3cnc(C)nc3)cc(C)c21. The summed E-state index contributed by atoms with van der Waals surface area (Å²) < 4.78 is 41.6. The van der Waals surface area contributed by atoms with Crippen LogP contribution in [-0.2, 0) is 22.3 Å². The number of aromatic nitrogens is 4. The zero-order valence-electron chi connectivity index (χ0n) is 25.6. The van der Waals surface area contributed by atoms with Crippen LogP contribution in [0.3, 0.4) is 0 Å². The van der Waals surface area contributed by atoms with E-state index < -0.39 is 35.8 Å². The van der Waals surface area contributed by atoms with Gasteiger partial charge in [-0.1, -0.05) is 19.1 Å². The van der Waals surface area contributed by atoms with E-state index in [-0.39, 0.29) is 30.5 Å². The molecule has 1 N–H and O–H groups in total. The van der Waals surface area contributed by atoms with Crippen molar-refractivity contribution < 1.29 is 27.6 Å². The Balaban J connectivity index is 1.48. The van der Waals surface area contributed by atoms with E-state index in [4.69, 9.17) is 0 Å². The van der Waals surface area contributed by atoms with Crippen molar-refractivity contribution in [3.8, 4) is 11.1 Å². The maximum Gasteiger partial charge on any atom is 0.433 e. The molecule has 5 rings (SSSR count). The number of pyridine rings is 1. The first-order valence-corrected chi connectivity index (χ1v) is 14.4. The van der Waals surface area contributed by atoms with E-state index in [0.29, 0.717) is 27.9 Å². The molecule has 0 radical (unpaired) electrons. The molecule has 0 spiro atoms. The molecule has 234 valence electrons. The molecule has 2 amide bonds. The number of rotatable bonds is 7. The monoisotopic (exact) mass is 618 g/mol. The van der Waals surface area contributed by atoms with Crippen molar-refractivity contribution in [2.75, 3.05) is 5.32 Å². The minimum Gasteiger partial charge on any atom is -0.337 e. The normalized spacial score (nSPS) is 18.3. The second-order valence-corrected chi connectivity index (χ2v) is 11.5. The van der Waals surface area contributed by atoms with Crippen LogP contribution < -0.4 is 5.32 Å². The van der Waals surface area contributed by atoms with Crippen LogP contribution in [0.2, 0.25) is 0 Å². The van der Waals surface area contributed by atoms with Crippen molar-refractivity contribution in [2.24, 2.45) is 5.92 Å². The van der Waals surface area contributed by atoms with Crippen LogP contribution in [0.1, 0.15) is 53.3 Å². The number of carbonyl (C=O) groups is 3. The number of nitrogens with one attached hydrogen (secondary N) is 1. The first-order chi connectivity index (χ1) is 21.2. The van der Waals surface area contributed by atoms with Gasteiger partial charge in [-0.15, -0.1) is 6.58 Å². The Morgan fingerprint density at radius 2 is 1.76 bits per heavy atom. The molecule has 1 fully saturated rings. The highest BCUT2D eigenvalue weighted by Crippen LogP contribution is 2.35. The average molecular weight is 619 g/mol. The van der Waals surface area contributed by atoms with Crippen molar-refractivity contribution >= 4 is 34.3 Å². The van der Waals surface area contributed by atoms with E-state index in [1.165, 1.54) is 17.9 Å². The first kappa shape index (κ1) is 31.6. The van der Waals surface area contributed by atoms with Crippen LogP contribution in [-0.4, -0.2) is 54.1 Å². The van der Waals surface area contributed by atoms with Crippen LogP contribution in [0.4, 0.5) is 19.0 Å².